The van der Waals surface area contributed by atoms with E-state index in [1.165, 1.54) is 11.2 Å². The normalized spacial score (nSPS) is 16.3. The van der Waals surface area contributed by atoms with Gasteiger partial charge in [0.1, 0.15) is 0 Å². The monoisotopic (exact) mass is 472 g/mol. The Balaban J connectivity index is 1.61. The molecule has 1 fully saturated rings. The number of rotatable bonds is 6. The third-order valence-corrected chi connectivity index (χ3v) is 8.56. The second kappa shape index (κ2) is 10.1. The fraction of sp³-hybridized carbons (Fsp3) is 0.440. The van der Waals surface area contributed by atoms with E-state index in [2.05, 4.69) is 5.32 Å². The summed E-state index contributed by atoms with van der Waals surface area (Å²) < 4.78 is 33.6. The molecule has 0 bridgehead atoms. The van der Waals surface area contributed by atoms with Crippen LogP contribution in [0, 0.1) is 33.6 Å². The van der Waals surface area contributed by atoms with E-state index in [-0.39, 0.29) is 13.1 Å². The number of amides is 1. The minimum Gasteiger partial charge on any atom is -0.452 e. The van der Waals surface area contributed by atoms with Crippen molar-refractivity contribution in [2.45, 2.75) is 58.5 Å². The van der Waals surface area contributed by atoms with Gasteiger partial charge in [0.05, 0.1) is 10.8 Å². The molecule has 1 N–H and O–H groups in total. The standard InChI is InChI=1S/C25H32N2O5S/c1-16-15-17(2)19(4)23(18(16)3)33(30,31)27-13-11-21(12-14-27)25(29)32-20(5)24(28)26-22-9-7-6-8-10-22/h6-10,15,20-21H,11-14H2,1-5H3,(H,26,28). The molecule has 1 amide bonds. The SMILES string of the molecule is Cc1cc(C)c(C)c(S(=O)(=O)N2CCC(C(=O)OC(C)C(=O)Nc3ccccc3)CC2)c1C. The van der Waals surface area contributed by atoms with Gasteiger partial charge < -0.3 is 10.1 Å². The summed E-state index contributed by atoms with van der Waals surface area (Å²) in [6.07, 6.45) is -0.234. The molecule has 8 heteroatoms. The predicted molar refractivity (Wildman–Crippen MR) is 127 cm³/mol. The van der Waals surface area contributed by atoms with Crippen molar-refractivity contribution in [3.05, 3.63) is 58.7 Å². The van der Waals surface area contributed by atoms with Crippen LogP contribution in [0.4, 0.5) is 5.69 Å². The van der Waals surface area contributed by atoms with E-state index in [1.807, 2.05) is 39.8 Å². The smallest absolute Gasteiger partial charge is 0.309 e. The number of esters is 1. The van der Waals surface area contributed by atoms with Crippen molar-refractivity contribution in [2.24, 2.45) is 5.92 Å². The molecular formula is C25H32N2O5S. The maximum atomic E-state index is 13.4. The Bertz CT molecular complexity index is 1110. The molecule has 2 aromatic carbocycles. The molecule has 178 valence electrons. The van der Waals surface area contributed by atoms with Crippen LogP contribution in [0.25, 0.3) is 0 Å². The number of sulfonamides is 1. The number of ether oxygens (including phenoxy) is 1. The summed E-state index contributed by atoms with van der Waals surface area (Å²) in [5, 5.41) is 2.71. The van der Waals surface area contributed by atoms with E-state index >= 15 is 0 Å². The van der Waals surface area contributed by atoms with E-state index in [1.54, 1.807) is 24.3 Å². The van der Waals surface area contributed by atoms with Crippen LogP contribution in [0.3, 0.4) is 0 Å². The molecule has 1 unspecified atom stereocenters. The minimum absolute atomic E-state index is 0.235. The van der Waals surface area contributed by atoms with Gasteiger partial charge in [0.25, 0.3) is 5.91 Å². The average molecular weight is 473 g/mol. The molecule has 1 atom stereocenters. The van der Waals surface area contributed by atoms with Gasteiger partial charge in [0.15, 0.2) is 6.10 Å². The summed E-state index contributed by atoms with van der Waals surface area (Å²) in [4.78, 5) is 25.3. The van der Waals surface area contributed by atoms with Crippen LogP contribution < -0.4 is 5.32 Å². The first-order valence-corrected chi connectivity index (χ1v) is 12.6. The molecule has 2 aromatic rings. The number of benzene rings is 2. The lowest BCUT2D eigenvalue weighted by atomic mass is 9.98. The Morgan fingerprint density at radius 1 is 1.00 bits per heavy atom. The van der Waals surface area contributed by atoms with Crippen molar-refractivity contribution in [1.82, 2.24) is 4.31 Å². The highest BCUT2D eigenvalue weighted by atomic mass is 32.2. The molecule has 0 spiro atoms. The highest BCUT2D eigenvalue weighted by molar-refractivity contribution is 7.89. The zero-order valence-corrected chi connectivity index (χ0v) is 20.7. The third kappa shape index (κ3) is 5.45. The van der Waals surface area contributed by atoms with E-state index in [9.17, 15) is 18.0 Å². The largest absolute Gasteiger partial charge is 0.452 e. The minimum atomic E-state index is -3.67. The lowest BCUT2D eigenvalue weighted by molar-refractivity contribution is -0.158. The topological polar surface area (TPSA) is 92.8 Å². The van der Waals surface area contributed by atoms with Crippen molar-refractivity contribution >= 4 is 27.6 Å². The van der Waals surface area contributed by atoms with Crippen molar-refractivity contribution in [2.75, 3.05) is 18.4 Å². The Labute approximate surface area is 196 Å². The van der Waals surface area contributed by atoms with Crippen LogP contribution in [0.2, 0.25) is 0 Å². The maximum absolute atomic E-state index is 13.4. The van der Waals surface area contributed by atoms with Crippen LogP contribution in [0.1, 0.15) is 42.0 Å². The summed E-state index contributed by atoms with van der Waals surface area (Å²) in [7, 11) is -3.67. The summed E-state index contributed by atoms with van der Waals surface area (Å²) in [5.74, 6) is -1.32. The lowest BCUT2D eigenvalue weighted by Gasteiger charge is -2.31. The quantitative estimate of drug-likeness (QED) is 0.644. The highest BCUT2D eigenvalue weighted by Gasteiger charge is 2.35. The zero-order chi connectivity index (χ0) is 24.3. The maximum Gasteiger partial charge on any atom is 0.309 e. The summed E-state index contributed by atoms with van der Waals surface area (Å²) >= 11 is 0. The molecule has 0 saturated carbocycles. The van der Waals surface area contributed by atoms with E-state index < -0.39 is 33.9 Å². The molecule has 3 rings (SSSR count). The third-order valence-electron chi connectivity index (χ3n) is 6.39. The van der Waals surface area contributed by atoms with Gasteiger partial charge >= 0.3 is 5.97 Å². The van der Waals surface area contributed by atoms with Gasteiger partial charge in [-0.2, -0.15) is 4.31 Å². The molecule has 7 nitrogen and oxygen atoms in total. The van der Waals surface area contributed by atoms with Crippen LogP contribution in [0.5, 0.6) is 0 Å². The number of piperidine rings is 1. The zero-order valence-electron chi connectivity index (χ0n) is 19.8. The molecule has 0 aliphatic carbocycles. The van der Waals surface area contributed by atoms with Crippen molar-refractivity contribution in [1.29, 1.82) is 0 Å². The summed E-state index contributed by atoms with van der Waals surface area (Å²) in [6.45, 7) is 9.50. The number of aryl methyl sites for hydroxylation is 2. The van der Waals surface area contributed by atoms with Crippen molar-refractivity contribution < 1.29 is 22.7 Å². The Morgan fingerprint density at radius 3 is 2.09 bits per heavy atom. The molecule has 0 radical (unpaired) electrons. The predicted octanol–water partition coefficient (Wildman–Crippen LogP) is 3.89. The first-order chi connectivity index (χ1) is 15.5. The van der Waals surface area contributed by atoms with Gasteiger partial charge in [-0.1, -0.05) is 24.3 Å². The Morgan fingerprint density at radius 2 is 1.55 bits per heavy atom. The Kier molecular flexibility index (Phi) is 7.59. The Hall–Kier alpha value is -2.71. The van der Waals surface area contributed by atoms with Gasteiger partial charge in [-0.15, -0.1) is 0 Å². The number of carbonyl (C=O) groups is 2. The second-order valence-electron chi connectivity index (χ2n) is 8.70. The van der Waals surface area contributed by atoms with Gasteiger partial charge in [0, 0.05) is 18.8 Å². The highest BCUT2D eigenvalue weighted by Crippen LogP contribution is 2.31. The number of anilines is 1. The average Bonchev–Trinajstić information content (AvgIpc) is 2.78. The van der Waals surface area contributed by atoms with E-state index in [0.29, 0.717) is 23.4 Å². The summed E-state index contributed by atoms with van der Waals surface area (Å²) in [5.41, 5.74) is 4.03. The van der Waals surface area contributed by atoms with Gasteiger partial charge in [0.2, 0.25) is 10.0 Å². The van der Waals surface area contributed by atoms with Crippen LogP contribution in [-0.4, -0.2) is 43.8 Å². The van der Waals surface area contributed by atoms with E-state index in [4.69, 9.17) is 4.74 Å². The first-order valence-electron chi connectivity index (χ1n) is 11.2. The van der Waals surface area contributed by atoms with E-state index in [0.717, 1.165) is 22.3 Å². The lowest BCUT2D eigenvalue weighted by Crippen LogP contribution is -2.42. The fourth-order valence-corrected chi connectivity index (χ4v) is 6.16. The number of nitrogens with zero attached hydrogens (tertiary/aromatic N) is 1. The number of hydrogen-bond acceptors (Lipinski definition) is 5. The molecule has 33 heavy (non-hydrogen) atoms. The van der Waals surface area contributed by atoms with Crippen LogP contribution in [0.15, 0.2) is 41.3 Å². The molecule has 1 aliphatic rings. The fourth-order valence-electron chi connectivity index (χ4n) is 4.12. The molecule has 1 saturated heterocycles. The summed E-state index contributed by atoms with van der Waals surface area (Å²) in [6, 6.07) is 10.9. The van der Waals surface area contributed by atoms with Gasteiger partial charge in [-0.25, -0.2) is 8.42 Å². The van der Waals surface area contributed by atoms with Crippen molar-refractivity contribution in [3.8, 4) is 0 Å². The van der Waals surface area contributed by atoms with Crippen LogP contribution >= 0.6 is 0 Å². The number of hydrogen-bond donors (Lipinski definition) is 1. The first kappa shape index (κ1) is 24.9. The molecule has 1 aliphatic heterocycles. The number of nitrogens with one attached hydrogen (secondary N) is 1. The second-order valence-corrected chi connectivity index (χ2v) is 10.6. The number of para-hydroxylation sites is 1. The number of carbonyl (C=O) groups excluding carboxylic acids is 2. The van der Waals surface area contributed by atoms with Crippen molar-refractivity contribution in [3.63, 3.8) is 0 Å². The van der Waals surface area contributed by atoms with Crippen LogP contribution in [-0.2, 0) is 24.3 Å². The molecular weight excluding hydrogens is 440 g/mol. The van der Waals surface area contributed by atoms with Gasteiger partial charge in [-0.3, -0.25) is 9.59 Å². The molecule has 0 aromatic heterocycles. The van der Waals surface area contributed by atoms with Gasteiger partial charge in [-0.05, 0) is 81.8 Å². The molecule has 1 heterocycles.